The normalized spacial score (nSPS) is 21.7. The van der Waals surface area contributed by atoms with E-state index in [1.54, 1.807) is 4.90 Å². The summed E-state index contributed by atoms with van der Waals surface area (Å²) >= 11 is -1.46. The third kappa shape index (κ3) is 5.33. The second-order valence-electron chi connectivity index (χ2n) is 11.4. The standard InChI is InChI=1S/C27H26F5N7O3S2/c28-18-4-3-15(22-23(18)43-25(33)35-22)19-17(27(30,31)32)5-16-21(20(19)29)36-26(42-10-12-6-38(7-12)11-44(40)41)37-24(16)39-8-13-1-2-14(9-39)34-13/h3-5,12-14,34H,1-2,6-11H2,(H2,33,35)(H,40,41)/p-1. The number of likely N-dealkylation sites (tertiary alicyclic amines) is 1. The molecule has 3 atom stereocenters. The zero-order valence-electron chi connectivity index (χ0n) is 22.9. The van der Waals surface area contributed by atoms with Gasteiger partial charge in [0, 0.05) is 60.7 Å². The first-order valence-electron chi connectivity index (χ1n) is 13.8. The fraction of sp³-hybridized carbons (Fsp3) is 0.444. The van der Waals surface area contributed by atoms with E-state index in [4.69, 9.17) is 10.5 Å². The number of hydrogen-bond acceptors (Lipinski definition) is 11. The molecule has 3 saturated heterocycles. The number of aromatic nitrogens is 3. The minimum atomic E-state index is -4.99. The van der Waals surface area contributed by atoms with E-state index in [-0.39, 0.29) is 74.1 Å². The van der Waals surface area contributed by atoms with Crippen molar-refractivity contribution in [3.8, 4) is 17.1 Å². The highest BCUT2D eigenvalue weighted by molar-refractivity contribution is 7.79. The van der Waals surface area contributed by atoms with Gasteiger partial charge in [-0.1, -0.05) is 11.3 Å². The number of nitrogens with one attached hydrogen (secondary N) is 1. The van der Waals surface area contributed by atoms with Crippen molar-refractivity contribution in [1.29, 1.82) is 0 Å². The molecule has 234 valence electrons. The minimum Gasteiger partial charge on any atom is -0.771 e. The van der Waals surface area contributed by atoms with Crippen molar-refractivity contribution in [2.75, 3.05) is 49.3 Å². The van der Waals surface area contributed by atoms with Gasteiger partial charge in [0.05, 0.1) is 28.3 Å². The predicted octanol–water partition coefficient (Wildman–Crippen LogP) is 3.87. The number of benzene rings is 2. The molecule has 2 aromatic carbocycles. The van der Waals surface area contributed by atoms with Crippen molar-refractivity contribution in [2.24, 2.45) is 5.92 Å². The first-order valence-corrected chi connectivity index (χ1v) is 15.9. The van der Waals surface area contributed by atoms with Crippen LogP contribution in [0.3, 0.4) is 0 Å². The van der Waals surface area contributed by atoms with E-state index in [2.05, 4.69) is 20.3 Å². The van der Waals surface area contributed by atoms with Gasteiger partial charge < -0.3 is 25.2 Å². The molecule has 0 saturated carbocycles. The summed E-state index contributed by atoms with van der Waals surface area (Å²) in [7, 11) is 0. The van der Waals surface area contributed by atoms with Crippen LogP contribution in [0.5, 0.6) is 6.01 Å². The lowest BCUT2D eigenvalue weighted by molar-refractivity contribution is -0.137. The van der Waals surface area contributed by atoms with Crippen molar-refractivity contribution in [2.45, 2.75) is 31.1 Å². The van der Waals surface area contributed by atoms with Crippen molar-refractivity contribution in [3.05, 3.63) is 35.4 Å². The SMILES string of the molecule is Nc1nc2c(-c3c(C(F)(F)F)cc4c(N5CC6CCC(C5)N6)nc(OCC5CN(CS(=O)[O-])C5)nc4c3F)ccc(F)c2s1. The molecule has 0 aliphatic carbocycles. The highest BCUT2D eigenvalue weighted by Gasteiger charge is 2.40. The topological polar surface area (TPSA) is 133 Å². The number of alkyl halides is 3. The largest absolute Gasteiger partial charge is 0.771 e. The van der Waals surface area contributed by atoms with Crippen LogP contribution in [0.2, 0.25) is 0 Å². The van der Waals surface area contributed by atoms with Crippen LogP contribution in [0.15, 0.2) is 18.2 Å². The van der Waals surface area contributed by atoms with Gasteiger partial charge in [-0.2, -0.15) is 23.1 Å². The van der Waals surface area contributed by atoms with Crippen LogP contribution in [0.1, 0.15) is 18.4 Å². The molecule has 17 heteroatoms. The lowest BCUT2D eigenvalue weighted by Gasteiger charge is -2.39. The third-order valence-electron chi connectivity index (χ3n) is 8.26. The third-order valence-corrected chi connectivity index (χ3v) is 9.73. The summed E-state index contributed by atoms with van der Waals surface area (Å²) in [6, 6.07) is 2.85. The Balaban J connectivity index is 1.37. The van der Waals surface area contributed by atoms with Gasteiger partial charge >= 0.3 is 12.2 Å². The van der Waals surface area contributed by atoms with Crippen molar-refractivity contribution < 1.29 is 35.5 Å². The second-order valence-corrected chi connectivity index (χ2v) is 13.2. The maximum Gasteiger partial charge on any atom is 0.417 e. The molecule has 44 heavy (non-hydrogen) atoms. The minimum absolute atomic E-state index is 0.0352. The van der Waals surface area contributed by atoms with Gasteiger partial charge in [0.1, 0.15) is 17.2 Å². The van der Waals surface area contributed by atoms with Crippen LogP contribution in [0.25, 0.3) is 32.2 Å². The van der Waals surface area contributed by atoms with E-state index in [0.29, 0.717) is 26.2 Å². The van der Waals surface area contributed by atoms with Gasteiger partial charge in [-0.15, -0.1) is 0 Å². The van der Waals surface area contributed by atoms with Crippen LogP contribution >= 0.6 is 11.3 Å². The monoisotopic (exact) mass is 654 g/mol. The molecule has 3 fully saturated rings. The maximum absolute atomic E-state index is 16.6. The van der Waals surface area contributed by atoms with Gasteiger partial charge in [0.15, 0.2) is 10.9 Å². The number of anilines is 2. The smallest absolute Gasteiger partial charge is 0.417 e. The molecule has 0 spiro atoms. The molecule has 3 N–H and O–H groups in total. The number of halogens is 5. The van der Waals surface area contributed by atoms with Gasteiger partial charge in [0.25, 0.3) is 0 Å². The fourth-order valence-corrected chi connectivity index (χ4v) is 7.65. The second kappa shape index (κ2) is 11.0. The summed E-state index contributed by atoms with van der Waals surface area (Å²) in [5.74, 6) is -2.02. The summed E-state index contributed by atoms with van der Waals surface area (Å²) in [6.45, 7) is 1.92. The van der Waals surface area contributed by atoms with E-state index in [1.165, 1.54) is 0 Å². The Morgan fingerprint density at radius 1 is 1.09 bits per heavy atom. The summed E-state index contributed by atoms with van der Waals surface area (Å²) < 4.78 is 103. The molecule has 7 rings (SSSR count). The highest BCUT2D eigenvalue weighted by Crippen LogP contribution is 2.46. The van der Waals surface area contributed by atoms with Crippen LogP contribution in [-0.4, -0.2) is 79.4 Å². The molecule has 2 aromatic heterocycles. The average Bonchev–Trinajstić information content (AvgIpc) is 3.50. The summed E-state index contributed by atoms with van der Waals surface area (Å²) in [5, 5.41) is 3.25. The molecule has 3 unspecified atom stereocenters. The number of thiazole rings is 1. The zero-order chi connectivity index (χ0) is 30.9. The number of fused-ring (bicyclic) bond motifs is 4. The number of nitrogen functional groups attached to an aromatic ring is 1. The average molecular weight is 655 g/mol. The zero-order valence-corrected chi connectivity index (χ0v) is 24.5. The highest BCUT2D eigenvalue weighted by atomic mass is 32.2. The number of ether oxygens (including phenoxy) is 1. The summed E-state index contributed by atoms with van der Waals surface area (Å²) in [5.41, 5.74) is 2.83. The van der Waals surface area contributed by atoms with Gasteiger partial charge in [-0.25, -0.2) is 13.8 Å². The first kappa shape index (κ1) is 29.5. The molecule has 0 radical (unpaired) electrons. The molecule has 4 aromatic rings. The molecule has 10 nitrogen and oxygen atoms in total. The molecular formula is C27H25F5N7O3S2-. The molecule has 3 aliphatic rings. The molecule has 2 bridgehead atoms. The van der Waals surface area contributed by atoms with E-state index in [9.17, 15) is 26.3 Å². The van der Waals surface area contributed by atoms with E-state index in [0.717, 1.165) is 42.4 Å². The number of rotatable bonds is 7. The number of nitrogens with zero attached hydrogens (tertiary/aromatic N) is 5. The van der Waals surface area contributed by atoms with E-state index < -0.39 is 40.0 Å². The van der Waals surface area contributed by atoms with Gasteiger partial charge in [-0.3, -0.25) is 9.11 Å². The van der Waals surface area contributed by atoms with E-state index >= 15 is 4.39 Å². The Morgan fingerprint density at radius 3 is 2.50 bits per heavy atom. The van der Waals surface area contributed by atoms with Crippen LogP contribution < -0.4 is 20.7 Å². The van der Waals surface area contributed by atoms with Crippen molar-refractivity contribution >= 4 is 54.5 Å². The fourth-order valence-electron chi connectivity index (χ4n) is 6.38. The van der Waals surface area contributed by atoms with E-state index in [1.807, 2.05) is 4.90 Å². The first-order chi connectivity index (χ1) is 20.9. The van der Waals surface area contributed by atoms with Crippen LogP contribution in [-0.2, 0) is 17.3 Å². The Bertz CT molecular complexity index is 1790. The quantitative estimate of drug-likeness (QED) is 0.224. The Labute approximate surface area is 253 Å². The Morgan fingerprint density at radius 2 is 1.82 bits per heavy atom. The Hall–Kier alpha value is -3.25. The summed E-state index contributed by atoms with van der Waals surface area (Å²) in [4.78, 5) is 16.3. The molecular weight excluding hydrogens is 629 g/mol. The lowest BCUT2D eigenvalue weighted by atomic mass is 9.95. The summed E-state index contributed by atoms with van der Waals surface area (Å²) in [6.07, 6.45) is -3.21. The van der Waals surface area contributed by atoms with Gasteiger partial charge in [-0.05, 0) is 42.1 Å². The molecule has 0 amide bonds. The molecule has 5 heterocycles. The predicted molar refractivity (Wildman–Crippen MR) is 154 cm³/mol. The van der Waals surface area contributed by atoms with Crippen LogP contribution in [0.4, 0.5) is 32.9 Å². The number of nitrogens with two attached hydrogens (primary N) is 1. The Kier molecular flexibility index (Phi) is 7.35. The van der Waals surface area contributed by atoms with Crippen LogP contribution in [0, 0.1) is 17.6 Å². The van der Waals surface area contributed by atoms with Gasteiger partial charge in [0.2, 0.25) is 0 Å². The number of hydrogen-bond donors (Lipinski definition) is 2. The van der Waals surface area contributed by atoms with Crippen molar-refractivity contribution in [3.63, 3.8) is 0 Å². The lowest BCUT2D eigenvalue weighted by Crippen LogP contribution is -2.51. The number of piperazine rings is 1. The molecule has 3 aliphatic heterocycles. The maximum atomic E-state index is 16.6. The van der Waals surface area contributed by atoms with Crippen molar-refractivity contribution in [1.82, 2.24) is 25.2 Å².